The molecule has 0 radical (unpaired) electrons. The molecule has 1 saturated heterocycles. The van der Waals surface area contributed by atoms with E-state index in [4.69, 9.17) is 5.26 Å². The number of hydrogen-bond donors (Lipinski definition) is 1. The maximum Gasteiger partial charge on any atom is 0.417 e. The summed E-state index contributed by atoms with van der Waals surface area (Å²) in [7, 11) is 0. The van der Waals surface area contributed by atoms with Crippen molar-refractivity contribution in [2.45, 2.75) is 24.5 Å². The van der Waals surface area contributed by atoms with E-state index in [-0.39, 0.29) is 4.90 Å². The van der Waals surface area contributed by atoms with Crippen molar-refractivity contribution >= 4 is 11.8 Å². The number of rotatable bonds is 2. The van der Waals surface area contributed by atoms with Gasteiger partial charge in [0, 0.05) is 5.69 Å². The Morgan fingerprint density at radius 1 is 1.29 bits per heavy atom. The minimum Gasteiger partial charge on any atom is -0.447 e. The molecule has 1 heterocycles. The van der Waals surface area contributed by atoms with Crippen LogP contribution in [0, 0.1) is 11.3 Å². The molecule has 2 rings (SSSR count). The van der Waals surface area contributed by atoms with Gasteiger partial charge >= 0.3 is 18.4 Å². The van der Waals surface area contributed by atoms with Crippen molar-refractivity contribution in [2.75, 3.05) is 11.5 Å². The van der Waals surface area contributed by atoms with Crippen LogP contribution in [0.5, 0.6) is 0 Å². The Kier molecular flexibility index (Phi) is 4.36. The summed E-state index contributed by atoms with van der Waals surface area (Å²) in [5, 5.41) is 18.0. The number of cyclic esters (lactones) is 1. The number of amides is 1. The van der Waals surface area contributed by atoms with Crippen molar-refractivity contribution < 1.29 is 41.0 Å². The summed E-state index contributed by atoms with van der Waals surface area (Å²) in [4.78, 5) is 11.9. The maximum absolute atomic E-state index is 12.9. The zero-order valence-electron chi connectivity index (χ0n) is 11.5. The molecule has 0 unspecified atom stereocenters. The first-order chi connectivity index (χ1) is 11.0. The summed E-state index contributed by atoms with van der Waals surface area (Å²) in [6.07, 6.45) is -14.4. The van der Waals surface area contributed by atoms with Gasteiger partial charge in [0.15, 0.2) is 6.10 Å². The van der Waals surface area contributed by atoms with Gasteiger partial charge in [-0.3, -0.25) is 4.90 Å². The highest BCUT2D eigenvalue weighted by Gasteiger charge is 2.51. The van der Waals surface area contributed by atoms with Crippen LogP contribution in [0.3, 0.4) is 0 Å². The predicted octanol–water partition coefficient (Wildman–Crippen LogP) is 2.83. The molecule has 1 N–H and O–H groups in total. The highest BCUT2D eigenvalue weighted by atomic mass is 19.4. The molecule has 0 saturated carbocycles. The van der Waals surface area contributed by atoms with E-state index in [9.17, 15) is 36.2 Å². The number of halogens is 6. The molecule has 0 bridgehead atoms. The fraction of sp³-hybridized carbons (Fsp3) is 0.385. The number of nitrogens with zero attached hydrogens (tertiary/aromatic N) is 2. The summed E-state index contributed by atoms with van der Waals surface area (Å²) in [5.74, 6) is 0. The van der Waals surface area contributed by atoms with Crippen LogP contribution in [0.1, 0.15) is 11.1 Å². The van der Waals surface area contributed by atoms with Crippen LogP contribution >= 0.6 is 0 Å². The molecule has 130 valence electrons. The average Bonchev–Trinajstić information content (AvgIpc) is 2.85. The summed E-state index contributed by atoms with van der Waals surface area (Å²) < 4.78 is 81.1. The molecule has 1 aromatic rings. The lowest BCUT2D eigenvalue weighted by molar-refractivity contribution is -0.209. The van der Waals surface area contributed by atoms with Gasteiger partial charge < -0.3 is 9.84 Å². The molecule has 0 aliphatic carbocycles. The number of aliphatic hydroxyl groups excluding tert-OH is 1. The molecule has 24 heavy (non-hydrogen) atoms. The normalized spacial score (nSPS) is 19.8. The van der Waals surface area contributed by atoms with Gasteiger partial charge in [-0.05, 0) is 18.2 Å². The summed E-state index contributed by atoms with van der Waals surface area (Å²) in [6.45, 7) is -0.846. The molecule has 0 aromatic heterocycles. The Labute approximate surface area is 130 Å². The maximum atomic E-state index is 12.9. The van der Waals surface area contributed by atoms with E-state index in [0.717, 1.165) is 12.1 Å². The lowest BCUT2D eigenvalue weighted by Crippen LogP contribution is -2.49. The Morgan fingerprint density at radius 2 is 1.92 bits per heavy atom. The molecule has 1 amide bonds. The number of anilines is 1. The summed E-state index contributed by atoms with van der Waals surface area (Å²) >= 11 is 0. The molecule has 1 aliphatic heterocycles. The van der Waals surface area contributed by atoms with Gasteiger partial charge in [-0.25, -0.2) is 4.79 Å². The van der Waals surface area contributed by atoms with E-state index in [1.54, 1.807) is 0 Å². The van der Waals surface area contributed by atoms with Gasteiger partial charge in [0.1, 0.15) is 12.6 Å². The zero-order valence-corrected chi connectivity index (χ0v) is 11.5. The SMILES string of the molecule is N#Cc1ccc(N2C(=O)OC[C@H]2[C@@H](O)C(F)(F)F)cc1C(F)(F)F. The van der Waals surface area contributed by atoms with Gasteiger partial charge in [0.05, 0.1) is 17.2 Å². The number of benzene rings is 1. The molecule has 1 aromatic carbocycles. The fourth-order valence-electron chi connectivity index (χ4n) is 2.20. The number of ether oxygens (including phenoxy) is 1. The van der Waals surface area contributed by atoms with Gasteiger partial charge in [-0.1, -0.05) is 0 Å². The number of nitriles is 1. The summed E-state index contributed by atoms with van der Waals surface area (Å²) in [6, 6.07) is 1.32. The van der Waals surface area contributed by atoms with Crippen LogP contribution in [-0.4, -0.2) is 36.1 Å². The van der Waals surface area contributed by atoms with Crippen molar-refractivity contribution in [2.24, 2.45) is 0 Å². The smallest absolute Gasteiger partial charge is 0.417 e. The minimum atomic E-state index is -5.10. The fourth-order valence-corrected chi connectivity index (χ4v) is 2.20. The standard InChI is InChI=1S/C13H8F6N2O3/c14-12(15,16)8-3-7(2-1-6(8)4-20)21-9(5-24-11(21)23)10(22)13(17,18)19/h1-3,9-10,22H,5H2/t9-,10+/m0/s1. The van der Waals surface area contributed by atoms with Crippen LogP contribution < -0.4 is 4.90 Å². The van der Waals surface area contributed by atoms with Crippen LogP contribution in [-0.2, 0) is 10.9 Å². The van der Waals surface area contributed by atoms with Crippen molar-refractivity contribution in [3.8, 4) is 6.07 Å². The van der Waals surface area contributed by atoms with Gasteiger partial charge in [-0.2, -0.15) is 31.6 Å². The number of hydrogen-bond acceptors (Lipinski definition) is 4. The van der Waals surface area contributed by atoms with Gasteiger partial charge in [-0.15, -0.1) is 0 Å². The van der Waals surface area contributed by atoms with Crippen molar-refractivity contribution in [3.63, 3.8) is 0 Å². The Bertz CT molecular complexity index is 694. The second-order valence-corrected chi connectivity index (χ2v) is 4.84. The molecule has 0 spiro atoms. The minimum absolute atomic E-state index is 0.286. The summed E-state index contributed by atoms with van der Waals surface area (Å²) in [5.41, 5.74) is -2.74. The Morgan fingerprint density at radius 3 is 2.42 bits per heavy atom. The molecule has 2 atom stereocenters. The average molecular weight is 354 g/mol. The third kappa shape index (κ3) is 3.23. The third-order valence-corrected chi connectivity index (χ3v) is 3.31. The number of carbonyl (C=O) groups is 1. The Balaban J connectivity index is 2.49. The van der Waals surface area contributed by atoms with Crippen LogP contribution in [0.4, 0.5) is 36.8 Å². The lowest BCUT2D eigenvalue weighted by atomic mass is 10.0. The van der Waals surface area contributed by atoms with Crippen LogP contribution in [0.25, 0.3) is 0 Å². The topological polar surface area (TPSA) is 73.6 Å². The monoisotopic (exact) mass is 354 g/mol. The van der Waals surface area contributed by atoms with E-state index >= 15 is 0 Å². The zero-order chi connectivity index (χ0) is 18.3. The van der Waals surface area contributed by atoms with Gasteiger partial charge in [0.2, 0.25) is 0 Å². The highest BCUT2D eigenvalue weighted by molar-refractivity contribution is 5.90. The Hall–Kier alpha value is -2.48. The second-order valence-electron chi connectivity index (χ2n) is 4.84. The first-order valence-electron chi connectivity index (χ1n) is 6.29. The second kappa shape index (κ2) is 5.86. The van der Waals surface area contributed by atoms with Gasteiger partial charge in [0.25, 0.3) is 0 Å². The molecule has 1 fully saturated rings. The largest absolute Gasteiger partial charge is 0.447 e. The lowest BCUT2D eigenvalue weighted by Gasteiger charge is -2.27. The number of carbonyl (C=O) groups excluding carboxylic acids is 1. The highest BCUT2D eigenvalue weighted by Crippen LogP contribution is 2.37. The number of aliphatic hydroxyl groups is 1. The van der Waals surface area contributed by atoms with Crippen molar-refractivity contribution in [1.82, 2.24) is 0 Å². The van der Waals surface area contributed by atoms with Crippen molar-refractivity contribution in [1.29, 1.82) is 5.26 Å². The predicted molar refractivity (Wildman–Crippen MR) is 65.8 cm³/mol. The molecule has 11 heteroatoms. The molecular formula is C13H8F6N2O3. The first-order valence-corrected chi connectivity index (χ1v) is 6.29. The molecule has 5 nitrogen and oxygen atoms in total. The van der Waals surface area contributed by atoms with E-state index in [0.29, 0.717) is 6.07 Å². The third-order valence-electron chi connectivity index (χ3n) is 3.31. The van der Waals surface area contributed by atoms with Crippen LogP contribution in [0.2, 0.25) is 0 Å². The van der Waals surface area contributed by atoms with Crippen molar-refractivity contribution in [3.05, 3.63) is 29.3 Å². The van der Waals surface area contributed by atoms with E-state index in [1.165, 1.54) is 6.07 Å². The van der Waals surface area contributed by atoms with E-state index in [1.807, 2.05) is 0 Å². The first kappa shape index (κ1) is 17.9. The van der Waals surface area contributed by atoms with Crippen LogP contribution in [0.15, 0.2) is 18.2 Å². The van der Waals surface area contributed by atoms with E-state index < -0.39 is 54.0 Å². The number of alkyl halides is 6. The van der Waals surface area contributed by atoms with E-state index in [2.05, 4.69) is 4.74 Å². The molecular weight excluding hydrogens is 346 g/mol. The molecule has 1 aliphatic rings. The quantitative estimate of drug-likeness (QED) is 0.829.